The predicted octanol–water partition coefficient (Wildman–Crippen LogP) is 2.68. The van der Waals surface area contributed by atoms with E-state index >= 15 is 0 Å². The van der Waals surface area contributed by atoms with Gasteiger partial charge < -0.3 is 5.32 Å². The molecule has 0 spiro atoms. The van der Waals surface area contributed by atoms with Crippen LogP contribution in [-0.2, 0) is 10.2 Å². The van der Waals surface area contributed by atoms with E-state index in [0.29, 0.717) is 17.6 Å². The number of anilines is 2. The van der Waals surface area contributed by atoms with Gasteiger partial charge in [-0.15, -0.1) is 0 Å². The van der Waals surface area contributed by atoms with E-state index in [1.165, 1.54) is 32.1 Å². The van der Waals surface area contributed by atoms with Gasteiger partial charge in [0.1, 0.15) is 0 Å². The second kappa shape index (κ2) is 6.45. The van der Waals surface area contributed by atoms with Gasteiger partial charge in [0, 0.05) is 11.7 Å². The van der Waals surface area contributed by atoms with Gasteiger partial charge in [-0.05, 0) is 37.0 Å². The monoisotopic (exact) mass is 297 g/mol. The van der Waals surface area contributed by atoms with Crippen LogP contribution in [0.25, 0.3) is 0 Å². The van der Waals surface area contributed by atoms with Crippen molar-refractivity contribution in [3.05, 3.63) is 24.3 Å². The smallest absolute Gasteiger partial charge is 0.296 e. The Bertz CT molecular complexity index is 545. The number of rotatable bonds is 5. The molecule has 2 rings (SSSR count). The van der Waals surface area contributed by atoms with Crippen molar-refractivity contribution >= 4 is 21.6 Å². The topological polar surface area (TPSA) is 84.2 Å². The van der Waals surface area contributed by atoms with Crippen LogP contribution < -0.4 is 15.2 Å². The van der Waals surface area contributed by atoms with Crippen molar-refractivity contribution in [3.63, 3.8) is 0 Å². The summed E-state index contributed by atoms with van der Waals surface area (Å²) < 4.78 is 24.4. The fraction of sp³-hybridized carbons (Fsp3) is 0.571. The molecule has 0 aliphatic heterocycles. The normalized spacial score (nSPS) is 23.3. The van der Waals surface area contributed by atoms with E-state index in [-0.39, 0.29) is 0 Å². The summed E-state index contributed by atoms with van der Waals surface area (Å²) in [6.45, 7) is 2.23. The number of hydrogen-bond acceptors (Lipinski definition) is 3. The van der Waals surface area contributed by atoms with Gasteiger partial charge in [0.2, 0.25) is 0 Å². The molecule has 0 amide bonds. The number of nitrogens with two attached hydrogens (primary N) is 1. The summed E-state index contributed by atoms with van der Waals surface area (Å²) >= 11 is 0. The molecular formula is C14H23N3O2S. The second-order valence-corrected chi connectivity index (χ2v) is 6.73. The summed E-state index contributed by atoms with van der Waals surface area (Å²) in [7, 11) is -3.72. The van der Waals surface area contributed by atoms with Crippen LogP contribution in [0, 0.1) is 5.92 Å². The number of hydrogen-bond donors (Lipinski definition) is 3. The molecule has 0 saturated heterocycles. The molecule has 1 aromatic carbocycles. The largest absolute Gasteiger partial charge is 0.382 e. The minimum atomic E-state index is -3.72. The van der Waals surface area contributed by atoms with E-state index in [1.807, 2.05) is 12.1 Å². The molecule has 1 saturated carbocycles. The van der Waals surface area contributed by atoms with Gasteiger partial charge in [0.15, 0.2) is 0 Å². The Hall–Kier alpha value is -1.27. The van der Waals surface area contributed by atoms with Crippen molar-refractivity contribution in [2.75, 3.05) is 10.0 Å². The first-order valence-electron chi connectivity index (χ1n) is 7.15. The van der Waals surface area contributed by atoms with Crippen molar-refractivity contribution < 1.29 is 8.42 Å². The number of nitrogens with one attached hydrogen (secondary N) is 2. The van der Waals surface area contributed by atoms with Crippen LogP contribution in [-0.4, -0.2) is 14.5 Å². The molecule has 6 heteroatoms. The van der Waals surface area contributed by atoms with Gasteiger partial charge >= 0.3 is 0 Å². The molecule has 112 valence electrons. The van der Waals surface area contributed by atoms with Crippen molar-refractivity contribution in [1.29, 1.82) is 0 Å². The highest BCUT2D eigenvalue weighted by Gasteiger charge is 2.23. The Kier molecular flexibility index (Phi) is 4.88. The molecule has 1 aromatic rings. The van der Waals surface area contributed by atoms with E-state index in [2.05, 4.69) is 17.0 Å². The van der Waals surface area contributed by atoms with Crippen LogP contribution in [0.1, 0.15) is 39.0 Å². The lowest BCUT2D eigenvalue weighted by molar-refractivity contribution is 0.317. The Morgan fingerprint density at radius 1 is 1.25 bits per heavy atom. The molecule has 1 fully saturated rings. The van der Waals surface area contributed by atoms with Crippen molar-refractivity contribution in [1.82, 2.24) is 0 Å². The fourth-order valence-electron chi connectivity index (χ4n) is 2.94. The number of benzene rings is 1. The average molecular weight is 297 g/mol. The summed E-state index contributed by atoms with van der Waals surface area (Å²) in [6, 6.07) is 7.72. The van der Waals surface area contributed by atoms with Gasteiger partial charge in [-0.1, -0.05) is 32.3 Å². The molecule has 2 unspecified atom stereocenters. The first kappa shape index (κ1) is 15.1. The van der Waals surface area contributed by atoms with Gasteiger partial charge in [-0.2, -0.15) is 8.42 Å². The predicted molar refractivity (Wildman–Crippen MR) is 82.8 cm³/mol. The Balaban J connectivity index is 2.07. The van der Waals surface area contributed by atoms with E-state index in [1.54, 1.807) is 12.1 Å². The van der Waals surface area contributed by atoms with Gasteiger partial charge in [0.25, 0.3) is 10.2 Å². The second-order valence-electron chi connectivity index (χ2n) is 5.43. The van der Waals surface area contributed by atoms with Crippen molar-refractivity contribution in [3.8, 4) is 0 Å². The van der Waals surface area contributed by atoms with Crippen LogP contribution in [0.4, 0.5) is 11.4 Å². The third-order valence-corrected chi connectivity index (χ3v) is 4.43. The van der Waals surface area contributed by atoms with Crippen LogP contribution in [0.15, 0.2) is 24.3 Å². The Labute approximate surface area is 121 Å². The zero-order valence-corrected chi connectivity index (χ0v) is 12.6. The minimum Gasteiger partial charge on any atom is -0.382 e. The van der Waals surface area contributed by atoms with Crippen LogP contribution in [0.2, 0.25) is 0 Å². The molecule has 0 radical (unpaired) electrons. The maximum absolute atomic E-state index is 11.0. The van der Waals surface area contributed by atoms with Gasteiger partial charge in [-0.3, -0.25) is 4.72 Å². The SMILES string of the molecule is CCC1CCCCC1Nc1cccc(NS(N)(=O)=O)c1. The highest BCUT2D eigenvalue weighted by molar-refractivity contribution is 7.90. The van der Waals surface area contributed by atoms with Gasteiger partial charge in [-0.25, -0.2) is 5.14 Å². The lowest BCUT2D eigenvalue weighted by atomic mass is 9.83. The highest BCUT2D eigenvalue weighted by Crippen LogP contribution is 2.29. The van der Waals surface area contributed by atoms with E-state index < -0.39 is 10.2 Å². The first-order valence-corrected chi connectivity index (χ1v) is 8.69. The molecule has 1 aliphatic rings. The molecule has 4 N–H and O–H groups in total. The lowest BCUT2D eigenvalue weighted by Crippen LogP contribution is -2.31. The van der Waals surface area contributed by atoms with E-state index in [0.717, 1.165) is 5.69 Å². The molecule has 0 heterocycles. The Morgan fingerprint density at radius 3 is 2.65 bits per heavy atom. The zero-order chi connectivity index (χ0) is 14.6. The molecule has 0 aromatic heterocycles. The molecule has 1 aliphatic carbocycles. The quantitative estimate of drug-likeness (QED) is 0.781. The zero-order valence-electron chi connectivity index (χ0n) is 11.8. The third kappa shape index (κ3) is 4.38. The average Bonchev–Trinajstić information content (AvgIpc) is 2.38. The van der Waals surface area contributed by atoms with Gasteiger partial charge in [0.05, 0.1) is 5.69 Å². The molecule has 5 nitrogen and oxygen atoms in total. The summed E-state index contributed by atoms with van der Waals surface area (Å²) in [6.07, 6.45) is 6.18. The summed E-state index contributed by atoms with van der Waals surface area (Å²) in [5.41, 5.74) is 1.42. The van der Waals surface area contributed by atoms with E-state index in [9.17, 15) is 8.42 Å². The summed E-state index contributed by atoms with van der Waals surface area (Å²) in [4.78, 5) is 0. The van der Waals surface area contributed by atoms with Crippen LogP contribution >= 0.6 is 0 Å². The van der Waals surface area contributed by atoms with E-state index in [4.69, 9.17) is 5.14 Å². The summed E-state index contributed by atoms with van der Waals surface area (Å²) in [5.74, 6) is 0.693. The molecular weight excluding hydrogens is 274 g/mol. The maximum atomic E-state index is 11.0. The van der Waals surface area contributed by atoms with Crippen molar-refractivity contribution in [2.24, 2.45) is 11.1 Å². The van der Waals surface area contributed by atoms with Crippen LogP contribution in [0.3, 0.4) is 0 Å². The lowest BCUT2D eigenvalue weighted by Gasteiger charge is -2.32. The molecule has 2 atom stereocenters. The standard InChI is InChI=1S/C14H23N3O2S/c1-2-11-6-3-4-9-14(11)16-12-7-5-8-13(10-12)17-20(15,18)19/h5,7-8,10-11,14,16-17H,2-4,6,9H2,1H3,(H2,15,18,19). The minimum absolute atomic E-state index is 0.471. The highest BCUT2D eigenvalue weighted by atomic mass is 32.2. The van der Waals surface area contributed by atoms with Crippen molar-refractivity contribution in [2.45, 2.75) is 45.1 Å². The molecule has 0 bridgehead atoms. The Morgan fingerprint density at radius 2 is 1.95 bits per heavy atom. The van der Waals surface area contributed by atoms with Crippen LogP contribution in [0.5, 0.6) is 0 Å². The fourth-order valence-corrected chi connectivity index (χ4v) is 3.39. The first-order chi connectivity index (χ1) is 9.48. The summed E-state index contributed by atoms with van der Waals surface area (Å²) in [5, 5.41) is 8.52. The maximum Gasteiger partial charge on any atom is 0.296 e. The third-order valence-electron chi connectivity index (χ3n) is 3.91. The molecule has 20 heavy (non-hydrogen) atoms.